The third-order valence-electron chi connectivity index (χ3n) is 5.15. The van der Waals surface area contributed by atoms with Crippen molar-refractivity contribution in [2.75, 3.05) is 43.7 Å². The molecule has 0 unspecified atom stereocenters. The highest BCUT2D eigenvalue weighted by Crippen LogP contribution is 2.35. The number of hydrogen-bond donors (Lipinski definition) is 1. The van der Waals surface area contributed by atoms with E-state index in [1.807, 2.05) is 36.4 Å². The number of nitrogens with one attached hydrogen (secondary N) is 1. The molecule has 0 aromatic heterocycles. The van der Waals surface area contributed by atoms with Crippen LogP contribution in [0.15, 0.2) is 72.8 Å². The SMILES string of the molecule is COc1ccccc1OCC(=O)Nc1ccc2c(c1)N(CCCOc1ccccc1)C(=O)CO2. The predicted octanol–water partition coefficient (Wildman–Crippen LogP) is 3.91. The van der Waals surface area contributed by atoms with Crippen LogP contribution in [0.1, 0.15) is 6.42 Å². The lowest BCUT2D eigenvalue weighted by molar-refractivity contribution is -0.121. The Balaban J connectivity index is 1.35. The first kappa shape index (κ1) is 23.0. The molecule has 0 saturated carbocycles. The monoisotopic (exact) mass is 462 g/mol. The molecule has 1 heterocycles. The van der Waals surface area contributed by atoms with Gasteiger partial charge >= 0.3 is 0 Å². The van der Waals surface area contributed by atoms with E-state index >= 15 is 0 Å². The molecule has 0 spiro atoms. The molecule has 0 aliphatic carbocycles. The lowest BCUT2D eigenvalue weighted by atomic mass is 10.2. The minimum absolute atomic E-state index is 0.0228. The molecule has 3 aromatic rings. The first-order valence-electron chi connectivity index (χ1n) is 10.9. The van der Waals surface area contributed by atoms with Crippen LogP contribution < -0.4 is 29.2 Å². The van der Waals surface area contributed by atoms with Gasteiger partial charge in [0.25, 0.3) is 11.8 Å². The molecule has 0 fully saturated rings. The van der Waals surface area contributed by atoms with Crippen LogP contribution in [-0.2, 0) is 9.59 Å². The number of nitrogens with zero attached hydrogens (tertiary/aromatic N) is 1. The fraction of sp³-hybridized carbons (Fsp3) is 0.231. The molecule has 3 aromatic carbocycles. The van der Waals surface area contributed by atoms with Crippen molar-refractivity contribution in [3.8, 4) is 23.0 Å². The standard InChI is InChI=1S/C26H26N2O6/c1-31-23-10-5-6-11-24(23)33-17-25(29)27-19-12-13-22-21(16-19)28(26(30)18-34-22)14-7-15-32-20-8-3-2-4-9-20/h2-6,8-13,16H,7,14-15,17-18H2,1H3,(H,27,29). The van der Waals surface area contributed by atoms with Gasteiger partial charge in [-0.3, -0.25) is 9.59 Å². The first-order chi connectivity index (χ1) is 16.6. The van der Waals surface area contributed by atoms with Crippen molar-refractivity contribution in [2.24, 2.45) is 0 Å². The molecule has 0 saturated heterocycles. The Kier molecular flexibility index (Phi) is 7.49. The number of amides is 2. The second-order valence-corrected chi connectivity index (χ2v) is 7.52. The number of hydrogen-bond acceptors (Lipinski definition) is 6. The highest BCUT2D eigenvalue weighted by atomic mass is 16.5. The molecule has 176 valence electrons. The number of fused-ring (bicyclic) bond motifs is 1. The molecule has 1 aliphatic heterocycles. The molecular weight excluding hydrogens is 436 g/mol. The summed E-state index contributed by atoms with van der Waals surface area (Å²) < 4.78 is 22.1. The third-order valence-corrected chi connectivity index (χ3v) is 5.15. The second-order valence-electron chi connectivity index (χ2n) is 7.52. The Morgan fingerprint density at radius 2 is 1.76 bits per heavy atom. The molecule has 4 rings (SSSR count). The van der Waals surface area contributed by atoms with Gasteiger partial charge in [0.15, 0.2) is 24.7 Å². The van der Waals surface area contributed by atoms with Crippen molar-refractivity contribution in [3.05, 3.63) is 72.8 Å². The van der Waals surface area contributed by atoms with Gasteiger partial charge in [-0.1, -0.05) is 30.3 Å². The number of benzene rings is 3. The van der Waals surface area contributed by atoms with Crippen molar-refractivity contribution in [1.29, 1.82) is 0 Å². The van der Waals surface area contributed by atoms with E-state index in [2.05, 4.69) is 5.32 Å². The zero-order valence-corrected chi connectivity index (χ0v) is 18.9. The van der Waals surface area contributed by atoms with Gasteiger partial charge in [0, 0.05) is 12.2 Å². The zero-order chi connectivity index (χ0) is 23.8. The van der Waals surface area contributed by atoms with Gasteiger partial charge in [0.1, 0.15) is 11.5 Å². The van der Waals surface area contributed by atoms with E-state index in [4.69, 9.17) is 18.9 Å². The summed E-state index contributed by atoms with van der Waals surface area (Å²) in [6.07, 6.45) is 0.642. The van der Waals surface area contributed by atoms with E-state index in [-0.39, 0.29) is 25.0 Å². The number of anilines is 2. The zero-order valence-electron chi connectivity index (χ0n) is 18.9. The maximum absolute atomic E-state index is 12.5. The summed E-state index contributed by atoms with van der Waals surface area (Å²) in [5.41, 5.74) is 1.15. The fourth-order valence-corrected chi connectivity index (χ4v) is 3.53. The van der Waals surface area contributed by atoms with Crippen LogP contribution in [-0.4, -0.2) is 45.3 Å². The van der Waals surface area contributed by atoms with Crippen LogP contribution in [0.3, 0.4) is 0 Å². The number of para-hydroxylation sites is 3. The summed E-state index contributed by atoms with van der Waals surface area (Å²) in [6.45, 7) is 0.732. The number of ether oxygens (including phenoxy) is 4. The number of carbonyl (C=O) groups is 2. The van der Waals surface area contributed by atoms with Gasteiger partial charge in [-0.15, -0.1) is 0 Å². The summed E-state index contributed by atoms with van der Waals surface area (Å²) in [6, 6.07) is 21.8. The van der Waals surface area contributed by atoms with Crippen molar-refractivity contribution < 1.29 is 28.5 Å². The lowest BCUT2D eigenvalue weighted by Gasteiger charge is -2.30. The van der Waals surface area contributed by atoms with Gasteiger partial charge in [-0.25, -0.2) is 0 Å². The summed E-state index contributed by atoms with van der Waals surface area (Å²) in [5, 5.41) is 2.80. The number of rotatable bonds is 10. The van der Waals surface area contributed by atoms with Crippen LogP contribution in [0.4, 0.5) is 11.4 Å². The van der Waals surface area contributed by atoms with Gasteiger partial charge in [0.2, 0.25) is 0 Å². The third kappa shape index (κ3) is 5.78. The van der Waals surface area contributed by atoms with Gasteiger partial charge in [0.05, 0.1) is 19.4 Å². The molecule has 8 nitrogen and oxygen atoms in total. The minimum Gasteiger partial charge on any atom is -0.494 e. The molecule has 0 atom stereocenters. The summed E-state index contributed by atoms with van der Waals surface area (Å²) in [5.74, 6) is 1.93. The van der Waals surface area contributed by atoms with Crippen LogP contribution in [0.25, 0.3) is 0 Å². The van der Waals surface area contributed by atoms with E-state index in [9.17, 15) is 9.59 Å². The smallest absolute Gasteiger partial charge is 0.265 e. The molecule has 8 heteroatoms. The number of methoxy groups -OCH3 is 1. The average Bonchev–Trinajstić information content (AvgIpc) is 2.87. The Labute approximate surface area is 198 Å². The molecule has 0 radical (unpaired) electrons. The second kappa shape index (κ2) is 11.1. The predicted molar refractivity (Wildman–Crippen MR) is 128 cm³/mol. The summed E-state index contributed by atoms with van der Waals surface area (Å²) in [4.78, 5) is 26.6. The van der Waals surface area contributed by atoms with Gasteiger partial charge < -0.3 is 29.2 Å². The molecule has 0 bridgehead atoms. The first-order valence-corrected chi connectivity index (χ1v) is 10.9. The van der Waals surface area contributed by atoms with Gasteiger partial charge in [-0.05, 0) is 48.9 Å². The molecule has 34 heavy (non-hydrogen) atoms. The fourth-order valence-electron chi connectivity index (χ4n) is 3.53. The van der Waals surface area contributed by atoms with E-state index in [1.165, 1.54) is 7.11 Å². The Hall–Kier alpha value is -4.20. The van der Waals surface area contributed by atoms with E-state index < -0.39 is 0 Å². The molecule has 2 amide bonds. The van der Waals surface area contributed by atoms with Crippen LogP contribution in [0, 0.1) is 0 Å². The van der Waals surface area contributed by atoms with E-state index in [1.54, 1.807) is 41.3 Å². The largest absolute Gasteiger partial charge is 0.494 e. The highest BCUT2D eigenvalue weighted by molar-refractivity contribution is 5.99. The maximum Gasteiger partial charge on any atom is 0.265 e. The average molecular weight is 463 g/mol. The number of carbonyl (C=O) groups excluding carboxylic acids is 2. The van der Waals surface area contributed by atoms with Crippen LogP contribution >= 0.6 is 0 Å². The quantitative estimate of drug-likeness (QED) is 0.460. The Morgan fingerprint density at radius 1 is 1.00 bits per heavy atom. The maximum atomic E-state index is 12.5. The summed E-state index contributed by atoms with van der Waals surface area (Å²) in [7, 11) is 1.54. The van der Waals surface area contributed by atoms with E-state index in [0.29, 0.717) is 48.2 Å². The van der Waals surface area contributed by atoms with Gasteiger partial charge in [-0.2, -0.15) is 0 Å². The minimum atomic E-state index is -0.336. The van der Waals surface area contributed by atoms with Crippen molar-refractivity contribution in [3.63, 3.8) is 0 Å². The van der Waals surface area contributed by atoms with Crippen molar-refractivity contribution >= 4 is 23.2 Å². The molecule has 1 aliphatic rings. The Bertz CT molecular complexity index is 1140. The van der Waals surface area contributed by atoms with E-state index in [0.717, 1.165) is 5.75 Å². The normalized spacial score (nSPS) is 12.4. The summed E-state index contributed by atoms with van der Waals surface area (Å²) >= 11 is 0. The molecule has 1 N–H and O–H groups in total. The van der Waals surface area contributed by atoms with Crippen LogP contribution in [0.2, 0.25) is 0 Å². The lowest BCUT2D eigenvalue weighted by Crippen LogP contribution is -2.39. The molecular formula is C26H26N2O6. The van der Waals surface area contributed by atoms with Crippen LogP contribution in [0.5, 0.6) is 23.0 Å². The van der Waals surface area contributed by atoms with Crippen molar-refractivity contribution in [2.45, 2.75) is 6.42 Å². The van der Waals surface area contributed by atoms with Crippen molar-refractivity contribution in [1.82, 2.24) is 0 Å². The Morgan fingerprint density at radius 3 is 2.56 bits per heavy atom. The topological polar surface area (TPSA) is 86.3 Å². The highest BCUT2D eigenvalue weighted by Gasteiger charge is 2.25.